The van der Waals surface area contributed by atoms with Crippen LogP contribution < -0.4 is 10.2 Å². The predicted octanol–water partition coefficient (Wildman–Crippen LogP) is 2.72. The lowest BCUT2D eigenvalue weighted by Crippen LogP contribution is -3.13. The maximum Gasteiger partial charge on any atom is 0.173 e. The molecule has 0 atom stereocenters. The Labute approximate surface area is 156 Å². The van der Waals surface area contributed by atoms with E-state index in [1.54, 1.807) is 12.1 Å². The smallest absolute Gasteiger partial charge is 0.173 e. The quantitative estimate of drug-likeness (QED) is 0.796. The van der Waals surface area contributed by atoms with Crippen LogP contribution in [-0.2, 0) is 6.54 Å². The molecule has 132 valence electrons. The van der Waals surface area contributed by atoms with E-state index in [9.17, 15) is 8.78 Å². The van der Waals surface area contributed by atoms with Crippen LogP contribution in [0.2, 0.25) is 5.02 Å². The van der Waals surface area contributed by atoms with Crippen molar-refractivity contribution < 1.29 is 13.7 Å². The van der Waals surface area contributed by atoms with Crippen molar-refractivity contribution in [2.24, 2.45) is 0 Å². The maximum absolute atomic E-state index is 13.8. The van der Waals surface area contributed by atoms with Crippen molar-refractivity contribution >= 4 is 34.6 Å². The van der Waals surface area contributed by atoms with Gasteiger partial charge in [0.1, 0.15) is 18.2 Å². The molecule has 0 bridgehead atoms. The number of halogens is 3. The van der Waals surface area contributed by atoms with E-state index < -0.39 is 5.82 Å². The van der Waals surface area contributed by atoms with Gasteiger partial charge in [0.2, 0.25) is 0 Å². The van der Waals surface area contributed by atoms with Gasteiger partial charge in [-0.3, -0.25) is 0 Å². The third-order valence-electron chi connectivity index (χ3n) is 4.33. The fourth-order valence-electron chi connectivity index (χ4n) is 2.89. The van der Waals surface area contributed by atoms with Crippen LogP contribution in [0.4, 0.5) is 14.5 Å². The summed E-state index contributed by atoms with van der Waals surface area (Å²) in [7, 11) is 0. The second-order valence-electron chi connectivity index (χ2n) is 6.06. The second kappa shape index (κ2) is 8.08. The number of hydrogen-bond donors (Lipinski definition) is 2. The van der Waals surface area contributed by atoms with Gasteiger partial charge < -0.3 is 15.1 Å². The van der Waals surface area contributed by atoms with E-state index in [0.29, 0.717) is 17.3 Å². The highest BCUT2D eigenvalue weighted by Gasteiger charge is 2.22. The molecule has 25 heavy (non-hydrogen) atoms. The van der Waals surface area contributed by atoms with Gasteiger partial charge in [0.05, 0.1) is 31.2 Å². The average molecular weight is 383 g/mol. The van der Waals surface area contributed by atoms with Gasteiger partial charge in [-0.1, -0.05) is 29.8 Å². The standard InChI is InChI=1S/C18H18ClF2N3S/c19-15-11-14(5-6-17(15)21)22-18(25)24-9-7-23(8-10-24)12-13-3-1-2-4-16(13)20/h1-6,11H,7-10,12H2,(H,22,25)/p+1. The molecule has 1 aliphatic rings. The third-order valence-corrected chi connectivity index (χ3v) is 4.98. The van der Waals surface area contributed by atoms with Crippen LogP contribution >= 0.6 is 23.8 Å². The van der Waals surface area contributed by atoms with E-state index in [2.05, 4.69) is 10.2 Å². The topological polar surface area (TPSA) is 19.7 Å². The van der Waals surface area contributed by atoms with Crippen molar-refractivity contribution in [2.75, 3.05) is 31.5 Å². The van der Waals surface area contributed by atoms with Crippen molar-refractivity contribution in [1.29, 1.82) is 0 Å². The summed E-state index contributed by atoms with van der Waals surface area (Å²) in [6.45, 7) is 3.99. The first kappa shape index (κ1) is 18.0. The van der Waals surface area contributed by atoms with Crippen molar-refractivity contribution in [3.63, 3.8) is 0 Å². The number of nitrogens with zero attached hydrogens (tertiary/aromatic N) is 1. The minimum absolute atomic E-state index is 0.0620. The highest BCUT2D eigenvalue weighted by atomic mass is 35.5. The van der Waals surface area contributed by atoms with Crippen molar-refractivity contribution in [1.82, 2.24) is 4.90 Å². The summed E-state index contributed by atoms with van der Waals surface area (Å²) in [6.07, 6.45) is 0. The fourth-order valence-corrected chi connectivity index (χ4v) is 3.37. The average Bonchev–Trinajstić information content (AvgIpc) is 2.61. The molecule has 0 saturated carbocycles. The molecule has 7 heteroatoms. The molecule has 0 aromatic heterocycles. The number of rotatable bonds is 3. The Morgan fingerprint density at radius 3 is 2.52 bits per heavy atom. The second-order valence-corrected chi connectivity index (χ2v) is 6.86. The fraction of sp³-hybridized carbons (Fsp3) is 0.278. The SMILES string of the molecule is Fc1ccc(NC(=S)N2CC[NH+](Cc3ccccc3F)CC2)cc1Cl. The van der Waals surface area contributed by atoms with Crippen molar-refractivity contribution in [2.45, 2.75) is 6.54 Å². The third kappa shape index (κ3) is 4.66. The molecule has 2 aromatic carbocycles. The summed E-state index contributed by atoms with van der Waals surface area (Å²) in [4.78, 5) is 3.39. The van der Waals surface area contributed by atoms with Crippen LogP contribution in [0.3, 0.4) is 0 Å². The molecule has 0 radical (unpaired) electrons. The molecule has 1 saturated heterocycles. The van der Waals surface area contributed by atoms with Crippen LogP contribution in [0.1, 0.15) is 5.56 Å². The zero-order chi connectivity index (χ0) is 17.8. The first-order valence-corrected chi connectivity index (χ1v) is 8.89. The van der Waals surface area contributed by atoms with Gasteiger partial charge in [-0.2, -0.15) is 0 Å². The lowest BCUT2D eigenvalue weighted by atomic mass is 10.2. The molecule has 0 aliphatic carbocycles. The number of anilines is 1. The van der Waals surface area contributed by atoms with Gasteiger partial charge in [0.25, 0.3) is 0 Å². The number of benzene rings is 2. The molecule has 1 aliphatic heterocycles. The Balaban J connectivity index is 1.52. The number of piperazine rings is 1. The minimum Gasteiger partial charge on any atom is -0.338 e. The molecule has 0 spiro atoms. The minimum atomic E-state index is -0.455. The van der Waals surface area contributed by atoms with Gasteiger partial charge in [-0.05, 0) is 36.5 Å². The van der Waals surface area contributed by atoms with Crippen LogP contribution in [0.5, 0.6) is 0 Å². The molecule has 1 heterocycles. The summed E-state index contributed by atoms with van der Waals surface area (Å²) in [5.74, 6) is -0.605. The summed E-state index contributed by atoms with van der Waals surface area (Å²) < 4.78 is 27.0. The summed E-state index contributed by atoms with van der Waals surface area (Å²) in [5.41, 5.74) is 1.41. The van der Waals surface area contributed by atoms with Crippen LogP contribution in [-0.4, -0.2) is 36.2 Å². The van der Waals surface area contributed by atoms with E-state index in [4.69, 9.17) is 23.8 Å². The largest absolute Gasteiger partial charge is 0.338 e. The van der Waals surface area contributed by atoms with Gasteiger partial charge >= 0.3 is 0 Å². The Hall–Kier alpha value is -1.76. The monoisotopic (exact) mass is 382 g/mol. The molecule has 1 fully saturated rings. The Kier molecular flexibility index (Phi) is 5.83. The van der Waals surface area contributed by atoms with Crippen LogP contribution in [0, 0.1) is 11.6 Å². The van der Waals surface area contributed by atoms with Gasteiger partial charge in [-0.25, -0.2) is 8.78 Å². The molecular formula is C18H19ClF2N3S+. The predicted molar refractivity (Wildman–Crippen MR) is 100 cm³/mol. The van der Waals surface area contributed by atoms with E-state index in [1.807, 2.05) is 12.1 Å². The lowest BCUT2D eigenvalue weighted by Gasteiger charge is -2.34. The molecule has 2 aromatic rings. The Bertz CT molecular complexity index is 764. The summed E-state index contributed by atoms with van der Waals surface area (Å²) >= 11 is 11.2. The van der Waals surface area contributed by atoms with E-state index >= 15 is 0 Å². The molecule has 3 rings (SSSR count). The highest BCUT2D eigenvalue weighted by molar-refractivity contribution is 7.80. The Morgan fingerprint density at radius 1 is 1.12 bits per heavy atom. The molecule has 2 N–H and O–H groups in total. The van der Waals surface area contributed by atoms with Gasteiger partial charge in [0, 0.05) is 11.3 Å². The Morgan fingerprint density at radius 2 is 1.84 bits per heavy atom. The van der Waals surface area contributed by atoms with E-state index in [0.717, 1.165) is 31.7 Å². The number of hydrogen-bond acceptors (Lipinski definition) is 1. The first-order chi connectivity index (χ1) is 12.0. The van der Waals surface area contributed by atoms with Crippen molar-refractivity contribution in [3.05, 3.63) is 64.7 Å². The highest BCUT2D eigenvalue weighted by Crippen LogP contribution is 2.19. The maximum atomic E-state index is 13.8. The summed E-state index contributed by atoms with van der Waals surface area (Å²) in [6, 6.07) is 11.3. The molecule has 3 nitrogen and oxygen atoms in total. The molecule has 0 amide bonds. The number of quaternary nitrogens is 1. The van der Waals surface area contributed by atoms with Crippen LogP contribution in [0.25, 0.3) is 0 Å². The normalized spacial score (nSPS) is 15.2. The summed E-state index contributed by atoms with van der Waals surface area (Å²) in [5, 5.41) is 3.74. The molecule has 0 unspecified atom stereocenters. The lowest BCUT2D eigenvalue weighted by molar-refractivity contribution is -0.917. The van der Waals surface area contributed by atoms with Gasteiger partial charge in [-0.15, -0.1) is 0 Å². The number of thiocarbonyl (C=S) groups is 1. The zero-order valence-corrected chi connectivity index (χ0v) is 15.1. The van der Waals surface area contributed by atoms with Gasteiger partial charge in [0.15, 0.2) is 5.11 Å². The van der Waals surface area contributed by atoms with E-state index in [-0.39, 0.29) is 10.8 Å². The zero-order valence-electron chi connectivity index (χ0n) is 13.6. The first-order valence-electron chi connectivity index (χ1n) is 8.11. The number of nitrogens with one attached hydrogen (secondary N) is 2. The molecular weight excluding hydrogens is 364 g/mol. The van der Waals surface area contributed by atoms with E-state index in [1.165, 1.54) is 23.1 Å². The van der Waals surface area contributed by atoms with Crippen molar-refractivity contribution in [3.8, 4) is 0 Å². The van der Waals surface area contributed by atoms with Crippen LogP contribution in [0.15, 0.2) is 42.5 Å².